The third-order valence-electron chi connectivity index (χ3n) is 2.83. The van der Waals surface area contributed by atoms with Crippen LogP contribution in [0, 0.1) is 0 Å². The first kappa shape index (κ1) is 12.5. The van der Waals surface area contributed by atoms with E-state index in [-0.39, 0.29) is 11.9 Å². The van der Waals surface area contributed by atoms with Gasteiger partial charge in [0.2, 0.25) is 0 Å². The molecular formula is C12H12N6OS. The SMILES string of the molecule is CC(NC(=O)c1csc(N)n1)c1nnc2ccccn12. The maximum Gasteiger partial charge on any atom is 0.271 e. The molecule has 0 aromatic carbocycles. The Bertz CT molecular complexity index is 764. The second-order valence-electron chi connectivity index (χ2n) is 4.25. The van der Waals surface area contributed by atoms with Gasteiger partial charge in [-0.2, -0.15) is 0 Å². The second-order valence-corrected chi connectivity index (χ2v) is 5.14. The lowest BCUT2D eigenvalue weighted by Gasteiger charge is -2.11. The van der Waals surface area contributed by atoms with E-state index < -0.39 is 0 Å². The van der Waals surface area contributed by atoms with Crippen molar-refractivity contribution >= 4 is 28.0 Å². The van der Waals surface area contributed by atoms with Gasteiger partial charge in [-0.1, -0.05) is 6.07 Å². The zero-order valence-electron chi connectivity index (χ0n) is 10.6. The van der Waals surface area contributed by atoms with E-state index in [1.165, 1.54) is 11.3 Å². The van der Waals surface area contributed by atoms with Gasteiger partial charge in [-0.3, -0.25) is 9.20 Å². The number of nitrogens with two attached hydrogens (primary N) is 1. The van der Waals surface area contributed by atoms with Crippen LogP contribution in [-0.2, 0) is 0 Å². The van der Waals surface area contributed by atoms with Crippen molar-refractivity contribution in [2.75, 3.05) is 5.73 Å². The van der Waals surface area contributed by atoms with Crippen molar-refractivity contribution in [1.82, 2.24) is 24.9 Å². The van der Waals surface area contributed by atoms with Gasteiger partial charge in [0.25, 0.3) is 5.91 Å². The van der Waals surface area contributed by atoms with Gasteiger partial charge in [-0.15, -0.1) is 21.5 Å². The van der Waals surface area contributed by atoms with Crippen molar-refractivity contribution in [2.45, 2.75) is 13.0 Å². The van der Waals surface area contributed by atoms with Crippen LogP contribution < -0.4 is 11.1 Å². The molecule has 7 nitrogen and oxygen atoms in total. The number of nitrogens with one attached hydrogen (secondary N) is 1. The standard InChI is InChI=1S/C12H12N6OS/c1-7(14-11(19)8-6-20-12(13)15-8)10-17-16-9-4-2-3-5-18(9)10/h2-7H,1H3,(H2,13,15)(H,14,19). The topological polar surface area (TPSA) is 98.2 Å². The molecule has 1 atom stereocenters. The molecule has 1 amide bonds. The van der Waals surface area contributed by atoms with Crippen molar-refractivity contribution in [1.29, 1.82) is 0 Å². The minimum absolute atomic E-state index is 0.280. The molecule has 3 heterocycles. The number of carbonyl (C=O) groups is 1. The van der Waals surface area contributed by atoms with E-state index in [1.807, 2.05) is 35.7 Å². The summed E-state index contributed by atoms with van der Waals surface area (Å²) in [4.78, 5) is 16.0. The highest BCUT2D eigenvalue weighted by atomic mass is 32.1. The first-order chi connectivity index (χ1) is 9.65. The smallest absolute Gasteiger partial charge is 0.271 e. The monoisotopic (exact) mass is 288 g/mol. The molecule has 0 aliphatic heterocycles. The molecule has 0 saturated heterocycles. The van der Waals surface area contributed by atoms with Crippen LogP contribution in [0.2, 0.25) is 0 Å². The maximum atomic E-state index is 12.0. The van der Waals surface area contributed by atoms with E-state index >= 15 is 0 Å². The number of carbonyl (C=O) groups excluding carboxylic acids is 1. The molecule has 0 bridgehead atoms. The predicted molar refractivity (Wildman–Crippen MR) is 75.4 cm³/mol. The third kappa shape index (κ3) is 2.21. The number of rotatable bonds is 3. The van der Waals surface area contributed by atoms with Crippen LogP contribution in [-0.4, -0.2) is 25.5 Å². The second kappa shape index (κ2) is 4.89. The van der Waals surface area contributed by atoms with Crippen LogP contribution in [0.25, 0.3) is 5.65 Å². The zero-order chi connectivity index (χ0) is 14.1. The van der Waals surface area contributed by atoms with Crippen molar-refractivity contribution in [3.63, 3.8) is 0 Å². The van der Waals surface area contributed by atoms with E-state index in [1.54, 1.807) is 5.38 Å². The Morgan fingerprint density at radius 3 is 3.05 bits per heavy atom. The van der Waals surface area contributed by atoms with Gasteiger partial charge >= 0.3 is 0 Å². The van der Waals surface area contributed by atoms with Crippen LogP contribution in [0.4, 0.5) is 5.13 Å². The van der Waals surface area contributed by atoms with E-state index in [4.69, 9.17) is 5.73 Å². The Morgan fingerprint density at radius 1 is 1.45 bits per heavy atom. The number of nitrogens with zero attached hydrogens (tertiary/aromatic N) is 4. The highest BCUT2D eigenvalue weighted by Crippen LogP contribution is 2.14. The summed E-state index contributed by atoms with van der Waals surface area (Å²) >= 11 is 1.23. The van der Waals surface area contributed by atoms with E-state index in [9.17, 15) is 4.79 Å². The van der Waals surface area contributed by atoms with Crippen LogP contribution in [0.5, 0.6) is 0 Å². The lowest BCUT2D eigenvalue weighted by molar-refractivity contribution is 0.0934. The number of thiazole rings is 1. The van der Waals surface area contributed by atoms with Crippen molar-refractivity contribution < 1.29 is 4.79 Å². The summed E-state index contributed by atoms with van der Waals surface area (Å²) in [6.45, 7) is 1.84. The molecule has 3 rings (SSSR count). The summed E-state index contributed by atoms with van der Waals surface area (Å²) in [5.74, 6) is 0.385. The summed E-state index contributed by atoms with van der Waals surface area (Å²) in [6.07, 6.45) is 1.86. The van der Waals surface area contributed by atoms with Gasteiger partial charge in [0.05, 0.1) is 6.04 Å². The molecule has 102 valence electrons. The van der Waals surface area contributed by atoms with E-state index in [2.05, 4.69) is 20.5 Å². The van der Waals surface area contributed by atoms with Crippen LogP contribution in [0.15, 0.2) is 29.8 Å². The summed E-state index contributed by atoms with van der Waals surface area (Å²) in [5, 5.41) is 13.0. The number of aromatic nitrogens is 4. The Labute approximate surface area is 118 Å². The Morgan fingerprint density at radius 2 is 2.30 bits per heavy atom. The molecule has 3 aromatic heterocycles. The minimum atomic E-state index is -0.289. The Balaban J connectivity index is 1.82. The number of hydrogen-bond donors (Lipinski definition) is 2. The van der Waals surface area contributed by atoms with Gasteiger partial charge in [0.1, 0.15) is 5.69 Å². The fraction of sp³-hybridized carbons (Fsp3) is 0.167. The molecule has 0 spiro atoms. The number of pyridine rings is 1. The normalized spacial score (nSPS) is 12.4. The van der Waals surface area contributed by atoms with Gasteiger partial charge in [-0.25, -0.2) is 4.98 Å². The average molecular weight is 288 g/mol. The van der Waals surface area contributed by atoms with E-state index in [0.29, 0.717) is 16.6 Å². The average Bonchev–Trinajstić information content (AvgIpc) is 3.04. The lowest BCUT2D eigenvalue weighted by atomic mass is 10.3. The number of nitrogen functional groups attached to an aromatic ring is 1. The molecule has 0 aliphatic rings. The summed E-state index contributed by atoms with van der Waals surface area (Å²) in [6, 6.07) is 5.33. The van der Waals surface area contributed by atoms with E-state index in [0.717, 1.165) is 5.65 Å². The van der Waals surface area contributed by atoms with Gasteiger partial charge in [0.15, 0.2) is 16.6 Å². The summed E-state index contributed by atoms with van der Waals surface area (Å²) in [7, 11) is 0. The number of amides is 1. The number of hydrogen-bond acceptors (Lipinski definition) is 6. The van der Waals surface area contributed by atoms with Crippen LogP contribution >= 0.6 is 11.3 Å². The molecule has 8 heteroatoms. The highest BCUT2D eigenvalue weighted by Gasteiger charge is 2.18. The van der Waals surface area contributed by atoms with Crippen molar-refractivity contribution in [2.24, 2.45) is 0 Å². The largest absolute Gasteiger partial charge is 0.375 e. The molecular weight excluding hydrogens is 276 g/mol. The maximum absolute atomic E-state index is 12.0. The molecule has 0 saturated carbocycles. The Kier molecular flexibility index (Phi) is 3.07. The van der Waals surface area contributed by atoms with Crippen LogP contribution in [0.3, 0.4) is 0 Å². The lowest BCUT2D eigenvalue weighted by Crippen LogP contribution is -2.28. The first-order valence-corrected chi connectivity index (χ1v) is 6.84. The number of anilines is 1. The van der Waals surface area contributed by atoms with Gasteiger partial charge in [0, 0.05) is 11.6 Å². The fourth-order valence-corrected chi connectivity index (χ4v) is 2.43. The third-order valence-corrected chi connectivity index (χ3v) is 3.50. The summed E-state index contributed by atoms with van der Waals surface area (Å²) < 4.78 is 1.83. The Hall–Kier alpha value is -2.48. The molecule has 0 aliphatic carbocycles. The molecule has 3 N–H and O–H groups in total. The van der Waals surface area contributed by atoms with Gasteiger partial charge < -0.3 is 11.1 Å². The van der Waals surface area contributed by atoms with Crippen LogP contribution in [0.1, 0.15) is 29.3 Å². The summed E-state index contributed by atoms with van der Waals surface area (Å²) in [5.41, 5.74) is 6.57. The van der Waals surface area contributed by atoms with Gasteiger partial charge in [-0.05, 0) is 19.1 Å². The predicted octanol–water partition coefficient (Wildman–Crippen LogP) is 1.26. The minimum Gasteiger partial charge on any atom is -0.375 e. The highest BCUT2D eigenvalue weighted by molar-refractivity contribution is 7.13. The van der Waals surface area contributed by atoms with Crippen molar-refractivity contribution in [3.05, 3.63) is 41.3 Å². The fourth-order valence-electron chi connectivity index (χ4n) is 1.88. The molecule has 0 fully saturated rings. The molecule has 0 radical (unpaired) electrons. The molecule has 1 unspecified atom stereocenters. The van der Waals surface area contributed by atoms with Crippen molar-refractivity contribution in [3.8, 4) is 0 Å². The quantitative estimate of drug-likeness (QED) is 0.756. The number of fused-ring (bicyclic) bond motifs is 1. The first-order valence-electron chi connectivity index (χ1n) is 5.96. The zero-order valence-corrected chi connectivity index (χ0v) is 11.5. The molecule has 3 aromatic rings. The molecule has 20 heavy (non-hydrogen) atoms.